The topological polar surface area (TPSA) is 138 Å². The largest absolute Gasteiger partial charge is 0.398 e. The van der Waals surface area contributed by atoms with Crippen molar-refractivity contribution >= 4 is 26.1 Å². The molecule has 0 spiro atoms. The second-order valence-electron chi connectivity index (χ2n) is 4.80. The number of anilines is 1. The van der Waals surface area contributed by atoms with Crippen LogP contribution in [0.5, 0.6) is 0 Å². The Kier molecular flexibility index (Phi) is 6.75. The fourth-order valence-electron chi connectivity index (χ4n) is 2.14. The minimum absolute atomic E-state index is 0.238. The van der Waals surface area contributed by atoms with Crippen LogP contribution < -0.4 is 5.73 Å². The van der Waals surface area contributed by atoms with Crippen molar-refractivity contribution in [1.29, 1.82) is 0 Å². The van der Waals surface area contributed by atoms with E-state index in [0.717, 1.165) is 25.7 Å². The molecule has 1 aliphatic rings. The summed E-state index contributed by atoms with van der Waals surface area (Å²) >= 11 is 0. The first-order valence-electron chi connectivity index (χ1n) is 6.67. The van der Waals surface area contributed by atoms with Crippen LogP contribution in [0.1, 0.15) is 25.7 Å². The Bertz CT molecular complexity index is 671. The highest BCUT2D eigenvalue weighted by Crippen LogP contribution is 2.24. The van der Waals surface area contributed by atoms with Crippen molar-refractivity contribution in [3.63, 3.8) is 0 Å². The number of hydrogen-bond donors (Lipinski definition) is 3. The average molecular weight is 352 g/mol. The summed E-state index contributed by atoms with van der Waals surface area (Å²) in [5.41, 5.74) is 6.08. The molecular weight excluding hydrogens is 332 g/mol. The summed E-state index contributed by atoms with van der Waals surface area (Å²) in [6, 6.07) is 6.66. The number of nitrogen functional groups attached to an aromatic ring is 1. The van der Waals surface area contributed by atoms with Gasteiger partial charge in [-0.3, -0.25) is 9.11 Å². The van der Waals surface area contributed by atoms with E-state index in [2.05, 4.69) is 0 Å². The van der Waals surface area contributed by atoms with Crippen molar-refractivity contribution in [2.45, 2.75) is 30.6 Å². The van der Waals surface area contributed by atoms with Crippen molar-refractivity contribution in [3.05, 3.63) is 24.3 Å². The summed E-state index contributed by atoms with van der Waals surface area (Å²) in [5.74, 6) is 0. The Labute approximate surface area is 130 Å². The van der Waals surface area contributed by atoms with Crippen LogP contribution in [0.15, 0.2) is 29.2 Å². The van der Waals surface area contributed by atoms with Crippen LogP contribution in [0.4, 0.5) is 5.69 Å². The molecule has 0 aliphatic carbocycles. The molecule has 4 N–H and O–H groups in total. The molecule has 8 nitrogen and oxygen atoms in total. The van der Waals surface area contributed by atoms with Gasteiger partial charge in [-0.15, -0.1) is 0 Å². The lowest BCUT2D eigenvalue weighted by atomic mass is 10.2. The van der Waals surface area contributed by atoms with Crippen molar-refractivity contribution in [3.8, 4) is 0 Å². The molecule has 1 heterocycles. The molecule has 1 aromatic carbocycles. The molecule has 0 bridgehead atoms. The molecule has 1 fully saturated rings. The van der Waals surface area contributed by atoms with Gasteiger partial charge in [-0.25, -0.2) is 8.42 Å². The smallest absolute Gasteiger partial charge is 0.394 e. The van der Waals surface area contributed by atoms with E-state index < -0.39 is 20.4 Å². The molecule has 10 heteroatoms. The van der Waals surface area contributed by atoms with Crippen LogP contribution in [0.2, 0.25) is 0 Å². The fraction of sp³-hybridized carbons (Fsp3) is 0.500. The van der Waals surface area contributed by atoms with E-state index in [1.54, 1.807) is 28.6 Å². The standard InChI is InChI=1S/C12H18N2O2S.H2O4S/c13-11-7-3-4-8-12(11)17(15,16)14-9-5-1-2-6-10-14;1-5(2,3)4/h3-4,7-8H,1-2,5-6,9-10,13H2;(H2,1,2,3,4). The number of benzene rings is 1. The van der Waals surface area contributed by atoms with E-state index in [4.69, 9.17) is 23.3 Å². The second kappa shape index (κ2) is 7.88. The number of rotatable bonds is 2. The molecule has 1 aromatic rings. The third kappa shape index (κ3) is 6.28. The molecule has 0 atom stereocenters. The molecule has 0 amide bonds. The van der Waals surface area contributed by atoms with Crippen molar-refractivity contribution in [2.75, 3.05) is 18.8 Å². The number of para-hydroxylation sites is 1. The quantitative estimate of drug-likeness (QED) is 0.536. The monoisotopic (exact) mass is 352 g/mol. The fourth-order valence-corrected chi connectivity index (χ4v) is 3.77. The molecule has 1 aliphatic heterocycles. The molecule has 22 heavy (non-hydrogen) atoms. The van der Waals surface area contributed by atoms with E-state index in [1.807, 2.05) is 0 Å². The summed E-state index contributed by atoms with van der Waals surface area (Å²) < 4.78 is 58.0. The minimum Gasteiger partial charge on any atom is -0.398 e. The zero-order valence-corrected chi connectivity index (χ0v) is 13.6. The first kappa shape index (κ1) is 18.8. The number of sulfonamides is 1. The first-order valence-corrected chi connectivity index (χ1v) is 9.50. The molecule has 126 valence electrons. The van der Waals surface area contributed by atoms with Crippen molar-refractivity contribution < 1.29 is 25.9 Å². The Hall–Kier alpha value is -1.20. The van der Waals surface area contributed by atoms with Gasteiger partial charge in [0, 0.05) is 13.1 Å². The second-order valence-corrected chi connectivity index (χ2v) is 7.61. The summed E-state index contributed by atoms with van der Waals surface area (Å²) in [4.78, 5) is 0.238. The highest BCUT2D eigenvalue weighted by Gasteiger charge is 2.26. The van der Waals surface area contributed by atoms with Gasteiger partial charge in [0.15, 0.2) is 0 Å². The Morgan fingerprint density at radius 2 is 1.36 bits per heavy atom. The van der Waals surface area contributed by atoms with Crippen molar-refractivity contribution in [2.24, 2.45) is 0 Å². The molecule has 2 rings (SSSR count). The van der Waals surface area contributed by atoms with Crippen LogP contribution in [-0.2, 0) is 20.4 Å². The van der Waals surface area contributed by atoms with Crippen LogP contribution in [-0.4, -0.2) is 43.3 Å². The lowest BCUT2D eigenvalue weighted by molar-refractivity contribution is 0.381. The van der Waals surface area contributed by atoms with Gasteiger partial charge in [-0.1, -0.05) is 25.0 Å². The molecule has 0 unspecified atom stereocenters. The summed E-state index contributed by atoms with van der Waals surface area (Å²) in [6.07, 6.45) is 4.09. The maximum Gasteiger partial charge on any atom is 0.394 e. The predicted molar refractivity (Wildman–Crippen MR) is 82.3 cm³/mol. The van der Waals surface area contributed by atoms with Crippen molar-refractivity contribution in [1.82, 2.24) is 4.31 Å². The van der Waals surface area contributed by atoms with Gasteiger partial charge >= 0.3 is 10.4 Å². The van der Waals surface area contributed by atoms with Gasteiger partial charge in [0.25, 0.3) is 0 Å². The van der Waals surface area contributed by atoms with Crippen LogP contribution in [0.25, 0.3) is 0 Å². The van der Waals surface area contributed by atoms with Gasteiger partial charge in [0.2, 0.25) is 10.0 Å². The summed E-state index contributed by atoms with van der Waals surface area (Å²) in [6.45, 7) is 1.22. The van der Waals surface area contributed by atoms with Crippen LogP contribution in [0, 0.1) is 0 Å². The van der Waals surface area contributed by atoms with Gasteiger partial charge in [-0.2, -0.15) is 12.7 Å². The van der Waals surface area contributed by atoms with E-state index in [-0.39, 0.29) is 4.90 Å². The number of nitrogens with zero attached hydrogens (tertiary/aromatic N) is 1. The van der Waals surface area contributed by atoms with Crippen LogP contribution >= 0.6 is 0 Å². The average Bonchev–Trinajstić information content (AvgIpc) is 2.66. The summed E-state index contributed by atoms with van der Waals surface area (Å²) in [5, 5.41) is 0. The molecule has 0 aromatic heterocycles. The number of nitrogens with two attached hydrogens (primary N) is 1. The first-order chi connectivity index (χ1) is 10.1. The van der Waals surface area contributed by atoms with Gasteiger partial charge in [-0.05, 0) is 25.0 Å². The Balaban J connectivity index is 0.000000422. The maximum absolute atomic E-state index is 12.4. The molecule has 0 radical (unpaired) electrons. The van der Waals surface area contributed by atoms with E-state index in [0.29, 0.717) is 18.8 Å². The highest BCUT2D eigenvalue weighted by atomic mass is 32.3. The summed E-state index contributed by atoms with van der Waals surface area (Å²) in [7, 11) is -8.07. The van der Waals surface area contributed by atoms with E-state index in [9.17, 15) is 8.42 Å². The zero-order valence-electron chi connectivity index (χ0n) is 11.9. The van der Waals surface area contributed by atoms with Gasteiger partial charge < -0.3 is 5.73 Å². The minimum atomic E-state index is -4.67. The number of hydrogen-bond acceptors (Lipinski definition) is 5. The Morgan fingerprint density at radius 1 is 0.909 bits per heavy atom. The lowest BCUT2D eigenvalue weighted by Gasteiger charge is -2.20. The van der Waals surface area contributed by atoms with E-state index >= 15 is 0 Å². The SMILES string of the molecule is Nc1ccccc1S(=O)(=O)N1CCCCCC1.O=S(=O)(O)O. The van der Waals surface area contributed by atoms with E-state index in [1.165, 1.54) is 0 Å². The predicted octanol–water partition coefficient (Wildman–Crippen LogP) is 1.18. The van der Waals surface area contributed by atoms with Crippen LogP contribution in [0.3, 0.4) is 0 Å². The highest BCUT2D eigenvalue weighted by molar-refractivity contribution is 7.89. The maximum atomic E-state index is 12.4. The van der Waals surface area contributed by atoms with Gasteiger partial charge in [0.05, 0.1) is 5.69 Å². The molecule has 1 saturated heterocycles. The Morgan fingerprint density at radius 3 is 1.82 bits per heavy atom. The molecular formula is C12H20N2O6S2. The third-order valence-electron chi connectivity index (χ3n) is 3.10. The normalized spacial score (nSPS) is 17.2. The molecule has 0 saturated carbocycles. The lowest BCUT2D eigenvalue weighted by Crippen LogP contribution is -2.32. The van der Waals surface area contributed by atoms with Gasteiger partial charge in [0.1, 0.15) is 4.90 Å². The third-order valence-corrected chi connectivity index (χ3v) is 5.07. The zero-order chi connectivity index (χ0) is 16.8.